The number of ether oxygens (including phenoxy) is 2. The number of methoxy groups -OCH3 is 1. The van der Waals surface area contributed by atoms with Crippen molar-refractivity contribution in [2.75, 3.05) is 17.7 Å². The van der Waals surface area contributed by atoms with E-state index in [9.17, 15) is 18.0 Å². The highest BCUT2D eigenvalue weighted by molar-refractivity contribution is 7.92. The Morgan fingerprint density at radius 2 is 1.54 bits per heavy atom. The molecule has 182 valence electrons. The SMILES string of the molecule is COc1ccc(N([C@H](C)C(=O)N/N=C\c2ccc(OC(=O)c3ccccc3)cc2)S(C)(=O)=O)cc1. The van der Waals surface area contributed by atoms with E-state index in [1.807, 2.05) is 6.07 Å². The third-order valence-electron chi connectivity index (χ3n) is 4.90. The number of esters is 1. The topological polar surface area (TPSA) is 114 Å². The van der Waals surface area contributed by atoms with Gasteiger partial charge in [-0.1, -0.05) is 18.2 Å². The van der Waals surface area contributed by atoms with E-state index in [1.165, 1.54) is 20.2 Å². The van der Waals surface area contributed by atoms with Crippen LogP contribution in [0.5, 0.6) is 11.5 Å². The van der Waals surface area contributed by atoms with Crippen molar-refractivity contribution in [3.8, 4) is 11.5 Å². The lowest BCUT2D eigenvalue weighted by Gasteiger charge is -2.27. The number of carbonyl (C=O) groups is 2. The average Bonchev–Trinajstić information content (AvgIpc) is 2.85. The molecule has 3 rings (SSSR count). The zero-order chi connectivity index (χ0) is 25.4. The molecular formula is C25H25N3O6S. The second-order valence-electron chi connectivity index (χ2n) is 7.49. The Hall–Kier alpha value is -4.18. The molecule has 0 saturated heterocycles. The van der Waals surface area contributed by atoms with Crippen LogP contribution in [0.2, 0.25) is 0 Å². The molecule has 0 bridgehead atoms. The summed E-state index contributed by atoms with van der Waals surface area (Å²) in [4.78, 5) is 24.7. The Kier molecular flexibility index (Phi) is 8.21. The average molecular weight is 496 g/mol. The maximum Gasteiger partial charge on any atom is 0.343 e. The minimum absolute atomic E-state index is 0.320. The van der Waals surface area contributed by atoms with Gasteiger partial charge in [-0.2, -0.15) is 5.10 Å². The fourth-order valence-corrected chi connectivity index (χ4v) is 4.34. The molecule has 0 spiro atoms. The van der Waals surface area contributed by atoms with Crippen LogP contribution >= 0.6 is 0 Å². The van der Waals surface area contributed by atoms with Gasteiger partial charge in [0.15, 0.2) is 0 Å². The fourth-order valence-electron chi connectivity index (χ4n) is 3.16. The molecule has 3 aromatic rings. The number of nitrogens with one attached hydrogen (secondary N) is 1. The zero-order valence-electron chi connectivity index (χ0n) is 19.4. The van der Waals surface area contributed by atoms with Gasteiger partial charge in [-0.05, 0) is 73.2 Å². The first-order valence-electron chi connectivity index (χ1n) is 10.5. The number of benzene rings is 3. The molecule has 0 aliphatic carbocycles. The minimum Gasteiger partial charge on any atom is -0.497 e. The summed E-state index contributed by atoms with van der Waals surface area (Å²) in [6, 6.07) is 20.4. The largest absolute Gasteiger partial charge is 0.497 e. The molecule has 9 nitrogen and oxygen atoms in total. The summed E-state index contributed by atoms with van der Waals surface area (Å²) in [5, 5.41) is 3.91. The van der Waals surface area contributed by atoms with Crippen molar-refractivity contribution >= 4 is 33.8 Å². The standard InChI is InChI=1S/C25H25N3O6S/c1-18(28(35(3,31)32)21-11-15-22(33-2)16-12-21)24(29)27-26-17-19-9-13-23(14-10-19)34-25(30)20-7-5-4-6-8-20/h4-18H,1-3H3,(H,27,29)/b26-17-/t18-/m1/s1. The minimum atomic E-state index is -3.76. The van der Waals surface area contributed by atoms with Gasteiger partial charge in [-0.25, -0.2) is 18.6 Å². The van der Waals surface area contributed by atoms with Gasteiger partial charge in [0.1, 0.15) is 17.5 Å². The smallest absolute Gasteiger partial charge is 0.343 e. The lowest BCUT2D eigenvalue weighted by atomic mass is 10.2. The highest BCUT2D eigenvalue weighted by Gasteiger charge is 2.29. The van der Waals surface area contributed by atoms with Gasteiger partial charge in [0.05, 0.1) is 30.8 Å². The quantitative estimate of drug-likeness (QED) is 0.211. The van der Waals surface area contributed by atoms with Gasteiger partial charge in [-0.15, -0.1) is 0 Å². The third-order valence-corrected chi connectivity index (χ3v) is 6.15. The van der Waals surface area contributed by atoms with E-state index in [2.05, 4.69) is 10.5 Å². The molecule has 1 atom stereocenters. The lowest BCUT2D eigenvalue weighted by Crippen LogP contribution is -2.46. The summed E-state index contributed by atoms with van der Waals surface area (Å²) < 4.78 is 36.2. The predicted molar refractivity (Wildman–Crippen MR) is 133 cm³/mol. The van der Waals surface area contributed by atoms with E-state index < -0.39 is 27.9 Å². The summed E-state index contributed by atoms with van der Waals surface area (Å²) in [6.07, 6.45) is 2.42. The van der Waals surface area contributed by atoms with Crippen LogP contribution in [-0.2, 0) is 14.8 Å². The first-order valence-corrected chi connectivity index (χ1v) is 12.4. The summed E-state index contributed by atoms with van der Waals surface area (Å²) in [5.41, 5.74) is 3.75. The second kappa shape index (κ2) is 11.3. The van der Waals surface area contributed by atoms with E-state index in [0.29, 0.717) is 28.3 Å². The van der Waals surface area contributed by atoms with Crippen LogP contribution in [0.3, 0.4) is 0 Å². The monoisotopic (exact) mass is 495 g/mol. The van der Waals surface area contributed by atoms with Gasteiger partial charge in [-0.3, -0.25) is 9.10 Å². The molecule has 0 heterocycles. The van der Waals surface area contributed by atoms with Crippen LogP contribution in [0, 0.1) is 0 Å². The molecule has 1 N–H and O–H groups in total. The molecular weight excluding hydrogens is 470 g/mol. The zero-order valence-corrected chi connectivity index (χ0v) is 20.2. The van der Waals surface area contributed by atoms with Crippen molar-refractivity contribution in [2.24, 2.45) is 5.10 Å². The van der Waals surface area contributed by atoms with E-state index in [-0.39, 0.29) is 0 Å². The van der Waals surface area contributed by atoms with Crippen molar-refractivity contribution in [1.82, 2.24) is 5.43 Å². The van der Waals surface area contributed by atoms with Crippen LogP contribution in [0.15, 0.2) is 84.0 Å². The molecule has 0 saturated carbocycles. The van der Waals surface area contributed by atoms with E-state index >= 15 is 0 Å². The first kappa shape index (κ1) is 25.4. The first-order chi connectivity index (χ1) is 16.7. The summed E-state index contributed by atoms with van der Waals surface area (Å²) in [5.74, 6) is -0.168. The Labute approximate surface area is 204 Å². The van der Waals surface area contributed by atoms with Crippen LogP contribution in [-0.4, -0.2) is 45.9 Å². The number of nitrogens with zero attached hydrogens (tertiary/aromatic N) is 2. The Morgan fingerprint density at radius 3 is 2.11 bits per heavy atom. The number of hydrazone groups is 1. The van der Waals surface area contributed by atoms with E-state index in [1.54, 1.807) is 72.8 Å². The molecule has 0 aliphatic heterocycles. The van der Waals surface area contributed by atoms with Gasteiger partial charge in [0, 0.05) is 0 Å². The van der Waals surface area contributed by atoms with Gasteiger partial charge in [0.2, 0.25) is 10.0 Å². The maximum atomic E-state index is 12.6. The number of anilines is 1. The number of amides is 1. The normalized spacial score (nSPS) is 12.1. The van der Waals surface area contributed by atoms with Gasteiger partial charge in [0.25, 0.3) is 5.91 Å². The molecule has 0 fully saturated rings. The molecule has 0 unspecified atom stereocenters. The molecule has 0 radical (unpaired) electrons. The van der Waals surface area contributed by atoms with Crippen LogP contribution in [0.4, 0.5) is 5.69 Å². The van der Waals surface area contributed by atoms with Gasteiger partial charge < -0.3 is 9.47 Å². The molecule has 1 amide bonds. The Balaban J connectivity index is 1.62. The van der Waals surface area contributed by atoms with E-state index in [0.717, 1.165) is 10.6 Å². The number of carbonyl (C=O) groups excluding carboxylic acids is 2. The van der Waals surface area contributed by atoms with Crippen molar-refractivity contribution in [3.05, 3.63) is 90.0 Å². The summed E-state index contributed by atoms with van der Waals surface area (Å²) in [7, 11) is -2.25. The van der Waals surface area contributed by atoms with Crippen LogP contribution < -0.4 is 19.2 Å². The highest BCUT2D eigenvalue weighted by atomic mass is 32.2. The second-order valence-corrected chi connectivity index (χ2v) is 9.35. The number of sulfonamides is 1. The number of hydrogen-bond acceptors (Lipinski definition) is 7. The van der Waals surface area contributed by atoms with Crippen molar-refractivity contribution in [2.45, 2.75) is 13.0 Å². The van der Waals surface area contributed by atoms with Crippen molar-refractivity contribution < 1.29 is 27.5 Å². The van der Waals surface area contributed by atoms with Crippen LogP contribution in [0.1, 0.15) is 22.8 Å². The maximum absolute atomic E-state index is 12.6. The fraction of sp³-hybridized carbons (Fsp3) is 0.160. The molecule has 3 aromatic carbocycles. The van der Waals surface area contributed by atoms with Crippen LogP contribution in [0.25, 0.3) is 0 Å². The highest BCUT2D eigenvalue weighted by Crippen LogP contribution is 2.23. The Bertz CT molecular complexity index is 1290. The Morgan fingerprint density at radius 1 is 0.943 bits per heavy atom. The molecule has 0 aromatic heterocycles. The molecule has 35 heavy (non-hydrogen) atoms. The van der Waals surface area contributed by atoms with E-state index in [4.69, 9.17) is 9.47 Å². The predicted octanol–water partition coefficient (Wildman–Crippen LogP) is 3.22. The molecule has 0 aliphatic rings. The van der Waals surface area contributed by atoms with Gasteiger partial charge >= 0.3 is 5.97 Å². The van der Waals surface area contributed by atoms with Crippen molar-refractivity contribution in [1.29, 1.82) is 0 Å². The summed E-state index contributed by atoms with van der Waals surface area (Å²) in [6.45, 7) is 1.46. The van der Waals surface area contributed by atoms with Crippen molar-refractivity contribution in [3.63, 3.8) is 0 Å². The third kappa shape index (κ3) is 6.90. The number of rotatable bonds is 9. The lowest BCUT2D eigenvalue weighted by molar-refractivity contribution is -0.121. The number of hydrogen-bond donors (Lipinski definition) is 1. The molecule has 10 heteroatoms. The summed E-state index contributed by atoms with van der Waals surface area (Å²) >= 11 is 0.